The fraction of sp³-hybridized carbons (Fsp3) is 0.409. The van der Waals surface area contributed by atoms with Crippen LogP contribution in [0.3, 0.4) is 0 Å². The van der Waals surface area contributed by atoms with Crippen LogP contribution in [-0.2, 0) is 13.2 Å². The molecule has 5 heteroatoms. The van der Waals surface area contributed by atoms with E-state index in [4.69, 9.17) is 21.3 Å². The number of piperidine rings is 1. The van der Waals surface area contributed by atoms with Gasteiger partial charge in [0.25, 0.3) is 0 Å². The van der Waals surface area contributed by atoms with E-state index >= 15 is 0 Å². The largest absolute Gasteiger partial charge is 0.486 e. The summed E-state index contributed by atoms with van der Waals surface area (Å²) in [5, 5.41) is 4.20. The van der Waals surface area contributed by atoms with Gasteiger partial charge < -0.3 is 14.6 Å². The number of para-hydroxylation sites is 2. The second kappa shape index (κ2) is 8.77. The summed E-state index contributed by atoms with van der Waals surface area (Å²) < 4.78 is 8.28. The minimum atomic E-state index is 0.444. The normalized spacial score (nSPS) is 17.3. The minimum Gasteiger partial charge on any atom is -0.486 e. The Labute approximate surface area is 165 Å². The number of hydrogen-bond acceptors (Lipinski definition) is 3. The molecule has 142 valence electrons. The monoisotopic (exact) mass is 383 g/mol. The molecule has 1 saturated heterocycles. The molecule has 0 saturated carbocycles. The van der Waals surface area contributed by atoms with Gasteiger partial charge in [-0.05, 0) is 75.0 Å². The Hall–Kier alpha value is -2.04. The number of hydrogen-bond donors (Lipinski definition) is 1. The first-order valence-corrected chi connectivity index (χ1v) is 10.2. The van der Waals surface area contributed by atoms with Crippen LogP contribution in [0.5, 0.6) is 5.75 Å². The van der Waals surface area contributed by atoms with Gasteiger partial charge in [0.1, 0.15) is 18.2 Å². The molecule has 0 amide bonds. The molecule has 1 atom stereocenters. The summed E-state index contributed by atoms with van der Waals surface area (Å²) in [6.45, 7) is 3.76. The molecular formula is C22H26ClN3O. The summed E-state index contributed by atoms with van der Waals surface area (Å²) >= 11 is 6.06. The van der Waals surface area contributed by atoms with Gasteiger partial charge >= 0.3 is 0 Å². The lowest BCUT2D eigenvalue weighted by Crippen LogP contribution is -2.29. The second-order valence-electron chi connectivity index (χ2n) is 7.27. The topological polar surface area (TPSA) is 39.1 Å². The van der Waals surface area contributed by atoms with E-state index in [1.54, 1.807) is 0 Å². The third kappa shape index (κ3) is 4.63. The molecule has 2 aromatic carbocycles. The first-order valence-electron chi connectivity index (χ1n) is 9.83. The van der Waals surface area contributed by atoms with Crippen molar-refractivity contribution in [2.24, 2.45) is 5.92 Å². The highest BCUT2D eigenvalue weighted by Crippen LogP contribution is 2.22. The number of imidazole rings is 1. The number of aryl methyl sites for hydroxylation is 1. The van der Waals surface area contributed by atoms with Crippen molar-refractivity contribution < 1.29 is 4.74 Å². The zero-order valence-electron chi connectivity index (χ0n) is 15.5. The van der Waals surface area contributed by atoms with Crippen molar-refractivity contribution in [1.29, 1.82) is 0 Å². The molecule has 4 rings (SSSR count). The predicted octanol–water partition coefficient (Wildman–Crippen LogP) is 5.05. The summed E-state index contributed by atoms with van der Waals surface area (Å²) in [6, 6.07) is 15.8. The average Bonchev–Trinajstić information content (AvgIpc) is 3.05. The standard InChI is InChI=1S/C22H26ClN3O/c23-18-8-3-9-19(14-18)27-16-22-25-20-10-1-2-11-21(20)26(22)13-5-7-17-6-4-12-24-15-17/h1-3,8-11,14,17,24H,4-7,12-13,15-16H2. The lowest BCUT2D eigenvalue weighted by Gasteiger charge is -2.22. The molecule has 1 aliphatic rings. The van der Waals surface area contributed by atoms with Crippen LogP contribution in [-0.4, -0.2) is 22.6 Å². The van der Waals surface area contributed by atoms with Crippen molar-refractivity contribution in [3.63, 3.8) is 0 Å². The number of nitrogens with zero attached hydrogens (tertiary/aromatic N) is 2. The van der Waals surface area contributed by atoms with Crippen LogP contribution in [0.4, 0.5) is 0 Å². The van der Waals surface area contributed by atoms with Crippen LogP contribution in [0.1, 0.15) is 31.5 Å². The predicted molar refractivity (Wildman–Crippen MR) is 110 cm³/mol. The highest BCUT2D eigenvalue weighted by Gasteiger charge is 2.15. The van der Waals surface area contributed by atoms with E-state index in [1.807, 2.05) is 30.3 Å². The van der Waals surface area contributed by atoms with E-state index in [9.17, 15) is 0 Å². The van der Waals surface area contributed by atoms with Gasteiger partial charge in [0.05, 0.1) is 11.0 Å². The van der Waals surface area contributed by atoms with Crippen LogP contribution in [0.15, 0.2) is 48.5 Å². The van der Waals surface area contributed by atoms with Crippen molar-refractivity contribution in [2.75, 3.05) is 13.1 Å². The number of aromatic nitrogens is 2. The van der Waals surface area contributed by atoms with Crippen molar-refractivity contribution in [3.8, 4) is 5.75 Å². The summed E-state index contributed by atoms with van der Waals surface area (Å²) in [6.07, 6.45) is 5.07. The van der Waals surface area contributed by atoms with Gasteiger partial charge in [-0.1, -0.05) is 29.8 Å². The fourth-order valence-electron chi connectivity index (χ4n) is 3.90. The van der Waals surface area contributed by atoms with Crippen LogP contribution in [0, 0.1) is 5.92 Å². The molecule has 0 aliphatic carbocycles. The Kier molecular flexibility index (Phi) is 5.95. The Morgan fingerprint density at radius 2 is 2.11 bits per heavy atom. The number of fused-ring (bicyclic) bond motifs is 1. The SMILES string of the molecule is Clc1cccc(OCc2nc3ccccc3n2CCCC2CCCNC2)c1. The van der Waals surface area contributed by atoms with Gasteiger partial charge in [0.15, 0.2) is 0 Å². The molecule has 3 aromatic rings. The first kappa shape index (κ1) is 18.3. The molecule has 0 radical (unpaired) electrons. The maximum atomic E-state index is 6.06. The quantitative estimate of drug-likeness (QED) is 0.620. The van der Waals surface area contributed by atoms with Crippen molar-refractivity contribution >= 4 is 22.6 Å². The van der Waals surface area contributed by atoms with Gasteiger partial charge in [0.2, 0.25) is 0 Å². The van der Waals surface area contributed by atoms with Crippen molar-refractivity contribution in [2.45, 2.75) is 38.8 Å². The fourth-order valence-corrected chi connectivity index (χ4v) is 4.08. The number of nitrogens with one attached hydrogen (secondary N) is 1. The van der Waals surface area contributed by atoms with Crippen LogP contribution < -0.4 is 10.1 Å². The van der Waals surface area contributed by atoms with Gasteiger partial charge in [-0.2, -0.15) is 0 Å². The second-order valence-corrected chi connectivity index (χ2v) is 7.71. The maximum absolute atomic E-state index is 6.06. The summed E-state index contributed by atoms with van der Waals surface area (Å²) in [5.41, 5.74) is 2.21. The zero-order chi connectivity index (χ0) is 18.5. The Morgan fingerprint density at radius 1 is 1.19 bits per heavy atom. The smallest absolute Gasteiger partial charge is 0.147 e. The van der Waals surface area contributed by atoms with E-state index in [0.29, 0.717) is 11.6 Å². The minimum absolute atomic E-state index is 0.444. The maximum Gasteiger partial charge on any atom is 0.147 e. The van der Waals surface area contributed by atoms with Gasteiger partial charge in [0, 0.05) is 11.6 Å². The molecule has 0 spiro atoms. The molecule has 1 unspecified atom stereocenters. The Bertz CT molecular complexity index is 886. The van der Waals surface area contributed by atoms with E-state index in [-0.39, 0.29) is 0 Å². The van der Waals surface area contributed by atoms with E-state index in [0.717, 1.165) is 42.5 Å². The molecular weight excluding hydrogens is 358 g/mol. The number of rotatable bonds is 7. The van der Waals surface area contributed by atoms with Crippen LogP contribution in [0.2, 0.25) is 5.02 Å². The third-order valence-corrected chi connectivity index (χ3v) is 5.53. The average molecular weight is 384 g/mol. The van der Waals surface area contributed by atoms with E-state index in [1.165, 1.54) is 31.3 Å². The third-order valence-electron chi connectivity index (χ3n) is 5.29. The molecule has 4 nitrogen and oxygen atoms in total. The van der Waals surface area contributed by atoms with Crippen molar-refractivity contribution in [3.05, 3.63) is 59.4 Å². The highest BCUT2D eigenvalue weighted by molar-refractivity contribution is 6.30. The molecule has 1 aliphatic heterocycles. The molecule has 1 aromatic heterocycles. The molecule has 1 N–H and O–H groups in total. The number of ether oxygens (including phenoxy) is 1. The van der Waals surface area contributed by atoms with Gasteiger partial charge in [-0.25, -0.2) is 4.98 Å². The highest BCUT2D eigenvalue weighted by atomic mass is 35.5. The first-order chi connectivity index (χ1) is 13.3. The molecule has 2 heterocycles. The van der Waals surface area contributed by atoms with Crippen LogP contribution >= 0.6 is 11.6 Å². The summed E-state index contributed by atoms with van der Waals surface area (Å²) in [5.74, 6) is 2.55. The summed E-state index contributed by atoms with van der Waals surface area (Å²) in [4.78, 5) is 4.81. The molecule has 0 bridgehead atoms. The van der Waals surface area contributed by atoms with Crippen LogP contribution in [0.25, 0.3) is 11.0 Å². The Morgan fingerprint density at radius 3 is 2.96 bits per heavy atom. The van der Waals surface area contributed by atoms with E-state index in [2.05, 4.69) is 28.1 Å². The zero-order valence-corrected chi connectivity index (χ0v) is 16.3. The lowest BCUT2D eigenvalue weighted by atomic mass is 9.95. The number of benzene rings is 2. The van der Waals surface area contributed by atoms with E-state index < -0.39 is 0 Å². The molecule has 1 fully saturated rings. The van der Waals surface area contributed by atoms with Gasteiger partial charge in [-0.3, -0.25) is 0 Å². The summed E-state index contributed by atoms with van der Waals surface area (Å²) in [7, 11) is 0. The van der Waals surface area contributed by atoms with Gasteiger partial charge in [-0.15, -0.1) is 0 Å². The molecule has 27 heavy (non-hydrogen) atoms. The Balaban J connectivity index is 1.46. The van der Waals surface area contributed by atoms with Crippen molar-refractivity contribution in [1.82, 2.24) is 14.9 Å². The lowest BCUT2D eigenvalue weighted by molar-refractivity contribution is 0.287. The number of halogens is 1.